The second kappa shape index (κ2) is 12.4. The van der Waals surface area contributed by atoms with Gasteiger partial charge in [0.2, 0.25) is 0 Å². The van der Waals surface area contributed by atoms with E-state index in [1.165, 1.54) is 13.8 Å². The molecule has 0 radical (unpaired) electrons. The van der Waals surface area contributed by atoms with Crippen LogP contribution < -0.4 is 0 Å². The fourth-order valence-electron chi connectivity index (χ4n) is 8.77. The molecule has 15 unspecified atom stereocenters. The van der Waals surface area contributed by atoms with Crippen LogP contribution >= 0.6 is 0 Å². The maximum atomic E-state index is 14.1. The summed E-state index contributed by atoms with van der Waals surface area (Å²) >= 11 is 0. The molecular formula is C31H46F3O8+. The Hall–Kier alpha value is -1.56. The Morgan fingerprint density at radius 1 is 1.02 bits per heavy atom. The van der Waals surface area contributed by atoms with Gasteiger partial charge in [-0.25, -0.2) is 0 Å². The molecule has 0 aromatic rings. The van der Waals surface area contributed by atoms with Gasteiger partial charge in [0, 0.05) is 26.4 Å². The minimum Gasteiger partial charge on any atom is -0.460 e. The molecule has 3 saturated carbocycles. The van der Waals surface area contributed by atoms with E-state index < -0.39 is 54.2 Å². The lowest BCUT2D eigenvalue weighted by Crippen LogP contribution is -2.54. The van der Waals surface area contributed by atoms with Crippen LogP contribution in [-0.4, -0.2) is 79.2 Å². The maximum absolute atomic E-state index is 14.1. The van der Waals surface area contributed by atoms with Crippen LogP contribution in [-0.2, 0) is 33.3 Å². The van der Waals surface area contributed by atoms with Gasteiger partial charge in [-0.1, -0.05) is 0 Å². The van der Waals surface area contributed by atoms with E-state index in [4.69, 9.17) is 23.7 Å². The van der Waals surface area contributed by atoms with Gasteiger partial charge in [-0.3, -0.25) is 9.59 Å². The molecule has 5 fully saturated rings. The van der Waals surface area contributed by atoms with Crippen molar-refractivity contribution >= 4 is 11.9 Å². The standard InChI is InChI=1S/C31H46F3O8/c1-6-25-19-12-26-30(41-16(5)36)24(28(37)14(3)39-26)9-17(19)8-22-23(29(22)42-25)11-21-20(27(21)31(32,33)34)10-18(13-38-7-2)40-15(4)35/h14,17-30,37H,1,6-13H2,2-5H3/q+1. The molecule has 2 bridgehead atoms. The van der Waals surface area contributed by atoms with Crippen molar-refractivity contribution in [2.24, 2.45) is 47.3 Å². The zero-order chi connectivity index (χ0) is 30.5. The quantitative estimate of drug-likeness (QED) is 0.288. The third kappa shape index (κ3) is 6.59. The molecule has 15 atom stereocenters. The average Bonchev–Trinajstić information content (AvgIpc) is 3.78. The summed E-state index contributed by atoms with van der Waals surface area (Å²) in [6, 6.07) is 0. The van der Waals surface area contributed by atoms with Crippen LogP contribution in [0.2, 0.25) is 0 Å². The number of ether oxygens (including phenoxy) is 5. The Balaban J connectivity index is 1.29. The van der Waals surface area contributed by atoms with Gasteiger partial charge in [-0.05, 0) is 81.5 Å². The molecule has 2 heterocycles. The number of rotatable bonds is 10. The summed E-state index contributed by atoms with van der Waals surface area (Å²) in [5.41, 5.74) is 0. The molecule has 238 valence electrons. The fourth-order valence-corrected chi connectivity index (χ4v) is 8.77. The second-order valence-corrected chi connectivity index (χ2v) is 13.3. The first kappa shape index (κ1) is 31.9. The van der Waals surface area contributed by atoms with Gasteiger partial charge in [0.1, 0.15) is 24.7 Å². The fraction of sp³-hybridized carbons (Fsp3) is 0.903. The van der Waals surface area contributed by atoms with Gasteiger partial charge in [0.25, 0.3) is 0 Å². The predicted molar refractivity (Wildman–Crippen MR) is 144 cm³/mol. The third-order valence-electron chi connectivity index (χ3n) is 10.6. The third-order valence-corrected chi connectivity index (χ3v) is 10.6. The highest BCUT2D eigenvalue weighted by Gasteiger charge is 2.68. The van der Waals surface area contributed by atoms with E-state index in [2.05, 4.69) is 6.92 Å². The number of aliphatic hydroxyl groups is 1. The summed E-state index contributed by atoms with van der Waals surface area (Å²) < 4.78 is 71.3. The van der Waals surface area contributed by atoms with Crippen molar-refractivity contribution in [1.29, 1.82) is 0 Å². The summed E-state index contributed by atoms with van der Waals surface area (Å²) in [6.07, 6.45) is -4.26. The highest BCUT2D eigenvalue weighted by Crippen LogP contribution is 2.65. The molecule has 8 nitrogen and oxygen atoms in total. The molecule has 2 aliphatic heterocycles. The van der Waals surface area contributed by atoms with Crippen molar-refractivity contribution in [1.82, 2.24) is 0 Å². The highest BCUT2D eigenvalue weighted by molar-refractivity contribution is 5.66. The lowest BCUT2D eigenvalue weighted by Gasteiger charge is -2.42. The molecule has 11 heteroatoms. The van der Waals surface area contributed by atoms with Gasteiger partial charge in [0.05, 0.1) is 43.9 Å². The van der Waals surface area contributed by atoms with Crippen LogP contribution in [0.15, 0.2) is 0 Å². The van der Waals surface area contributed by atoms with Crippen molar-refractivity contribution in [3.05, 3.63) is 6.92 Å². The van der Waals surface area contributed by atoms with Gasteiger partial charge in [-0.15, -0.1) is 0 Å². The highest BCUT2D eigenvalue weighted by atomic mass is 19.4. The first-order valence-electron chi connectivity index (χ1n) is 15.6. The van der Waals surface area contributed by atoms with Crippen molar-refractivity contribution in [3.8, 4) is 0 Å². The zero-order valence-corrected chi connectivity index (χ0v) is 25.0. The van der Waals surface area contributed by atoms with E-state index in [1.807, 2.05) is 6.92 Å². The number of hydrogen-bond donors (Lipinski definition) is 1. The van der Waals surface area contributed by atoms with Gasteiger partial charge in [0.15, 0.2) is 0 Å². The molecule has 5 aliphatic rings. The smallest absolute Gasteiger partial charge is 0.392 e. The van der Waals surface area contributed by atoms with Gasteiger partial charge in [-0.2, -0.15) is 13.2 Å². The molecule has 3 aliphatic carbocycles. The van der Waals surface area contributed by atoms with Crippen molar-refractivity contribution in [3.63, 3.8) is 0 Å². The normalized spacial score (nSPS) is 45.0. The second-order valence-electron chi connectivity index (χ2n) is 13.3. The lowest BCUT2D eigenvalue weighted by atomic mass is 9.77. The molecule has 0 aromatic heterocycles. The van der Waals surface area contributed by atoms with E-state index in [9.17, 15) is 27.9 Å². The number of fused-ring (bicyclic) bond motifs is 4. The minimum absolute atomic E-state index is 0.0194. The molecule has 0 amide bonds. The van der Waals surface area contributed by atoms with Crippen molar-refractivity contribution < 1.29 is 51.6 Å². The topological polar surface area (TPSA) is 101 Å². The number of esters is 2. The van der Waals surface area contributed by atoms with E-state index in [0.29, 0.717) is 32.3 Å². The van der Waals surface area contributed by atoms with E-state index in [0.717, 1.165) is 6.42 Å². The average molecular weight is 604 g/mol. The van der Waals surface area contributed by atoms with Crippen LogP contribution in [0.3, 0.4) is 0 Å². The summed E-state index contributed by atoms with van der Waals surface area (Å²) in [7, 11) is 0. The molecule has 2 saturated heterocycles. The Labute approximate surface area is 246 Å². The van der Waals surface area contributed by atoms with Crippen molar-refractivity contribution in [2.45, 2.75) is 115 Å². The van der Waals surface area contributed by atoms with Gasteiger partial charge < -0.3 is 28.8 Å². The summed E-state index contributed by atoms with van der Waals surface area (Å²) in [5.74, 6) is -3.39. The molecule has 0 aromatic carbocycles. The lowest BCUT2D eigenvalue weighted by molar-refractivity contribution is -0.210. The summed E-state index contributed by atoms with van der Waals surface area (Å²) in [5, 5.41) is 11.0. The molecular weight excluding hydrogens is 557 g/mol. The number of aliphatic hydroxyl groups excluding tert-OH is 1. The van der Waals surface area contributed by atoms with E-state index in [-0.39, 0.29) is 67.0 Å². The number of carbonyl (C=O) groups excluding carboxylic acids is 2. The largest absolute Gasteiger partial charge is 0.460 e. The first-order chi connectivity index (χ1) is 19.8. The summed E-state index contributed by atoms with van der Waals surface area (Å²) in [6.45, 7) is 10.9. The molecule has 5 rings (SSSR count). The van der Waals surface area contributed by atoms with Crippen LogP contribution in [0.4, 0.5) is 13.2 Å². The SMILES string of the molecule is [CH2+]CC1OC2C(CC3CC4C(O)C(C)OC(CC31)C4OC(C)=O)C2CC1C(CC(COCC)OC(C)=O)C1C(F)(F)F. The predicted octanol–water partition coefficient (Wildman–Crippen LogP) is 4.51. The van der Waals surface area contributed by atoms with Gasteiger partial charge >= 0.3 is 18.1 Å². The van der Waals surface area contributed by atoms with E-state index in [1.54, 1.807) is 6.92 Å². The van der Waals surface area contributed by atoms with E-state index >= 15 is 0 Å². The van der Waals surface area contributed by atoms with Crippen LogP contribution in [0.25, 0.3) is 0 Å². The molecule has 1 N–H and O–H groups in total. The van der Waals surface area contributed by atoms with Crippen LogP contribution in [0.5, 0.6) is 0 Å². The Kier molecular flexibility index (Phi) is 9.44. The number of halogens is 3. The zero-order valence-electron chi connectivity index (χ0n) is 25.0. The van der Waals surface area contributed by atoms with Crippen LogP contribution in [0.1, 0.15) is 66.2 Å². The maximum Gasteiger partial charge on any atom is 0.392 e. The number of alkyl halides is 3. The first-order valence-corrected chi connectivity index (χ1v) is 15.6. The molecule has 42 heavy (non-hydrogen) atoms. The van der Waals surface area contributed by atoms with Crippen molar-refractivity contribution in [2.75, 3.05) is 13.2 Å². The van der Waals surface area contributed by atoms with Crippen LogP contribution in [0, 0.1) is 54.3 Å². The Bertz CT molecular complexity index is 976. The minimum atomic E-state index is -4.32. The Morgan fingerprint density at radius 3 is 2.36 bits per heavy atom. The molecule has 0 spiro atoms. The number of carbonyl (C=O) groups is 2. The Morgan fingerprint density at radius 2 is 1.74 bits per heavy atom. The summed E-state index contributed by atoms with van der Waals surface area (Å²) in [4.78, 5) is 23.5. The monoisotopic (exact) mass is 603 g/mol. The number of hydrogen-bond acceptors (Lipinski definition) is 8.